The van der Waals surface area contributed by atoms with Crippen molar-refractivity contribution in [3.8, 4) is 23.3 Å². The number of rotatable bonds is 5. The smallest absolute Gasteiger partial charge is 0.314 e. The third kappa shape index (κ3) is 3.35. The lowest BCUT2D eigenvalue weighted by atomic mass is 10.2. The molecule has 0 radical (unpaired) electrons. The highest BCUT2D eigenvalue weighted by molar-refractivity contribution is 5.50. The molecule has 120 valence electrons. The Morgan fingerprint density at radius 3 is 2.67 bits per heavy atom. The van der Waals surface area contributed by atoms with Gasteiger partial charge in [0.05, 0.1) is 16.8 Å². The second-order valence-corrected chi connectivity index (χ2v) is 4.68. The minimum atomic E-state index is -2.81. The van der Waals surface area contributed by atoms with Crippen LogP contribution >= 0.6 is 0 Å². The average Bonchev–Trinajstić information content (AvgIpc) is 3.11. The van der Waals surface area contributed by atoms with E-state index in [1.165, 1.54) is 6.20 Å². The third-order valence-electron chi connectivity index (χ3n) is 3.08. The van der Waals surface area contributed by atoms with E-state index in [9.17, 15) is 8.78 Å². The highest BCUT2D eigenvalue weighted by Crippen LogP contribution is 2.23. The van der Waals surface area contributed by atoms with Gasteiger partial charge in [-0.1, -0.05) is 12.1 Å². The van der Waals surface area contributed by atoms with Crippen molar-refractivity contribution in [2.75, 3.05) is 0 Å². The number of hydrogen-bond donors (Lipinski definition) is 0. The molecule has 0 aliphatic rings. The van der Waals surface area contributed by atoms with Gasteiger partial charge in [-0.3, -0.25) is 4.98 Å². The monoisotopic (exact) mass is 328 g/mol. The van der Waals surface area contributed by atoms with Gasteiger partial charge in [-0.15, -0.1) is 10.2 Å². The van der Waals surface area contributed by atoms with Gasteiger partial charge in [0.15, 0.2) is 0 Å². The molecule has 24 heavy (non-hydrogen) atoms. The zero-order valence-electron chi connectivity index (χ0n) is 12.2. The summed E-state index contributed by atoms with van der Waals surface area (Å²) >= 11 is 0. The van der Waals surface area contributed by atoms with Crippen LogP contribution in [0.5, 0.6) is 5.75 Å². The first-order valence-corrected chi connectivity index (χ1v) is 6.86. The normalized spacial score (nSPS) is 10.6. The number of aromatic nitrogens is 3. The Morgan fingerprint density at radius 2 is 2.00 bits per heavy atom. The van der Waals surface area contributed by atoms with E-state index in [1.807, 2.05) is 6.07 Å². The van der Waals surface area contributed by atoms with E-state index in [0.717, 1.165) is 0 Å². The van der Waals surface area contributed by atoms with Crippen LogP contribution in [0.25, 0.3) is 11.5 Å². The van der Waals surface area contributed by atoms with Crippen LogP contribution in [0.2, 0.25) is 0 Å². The Hall–Kier alpha value is -3.34. The van der Waals surface area contributed by atoms with E-state index < -0.39 is 12.3 Å². The number of benzene rings is 1. The summed E-state index contributed by atoms with van der Waals surface area (Å²) in [4.78, 5) is 4.16. The molecule has 3 rings (SSSR count). The number of ether oxygens (including phenoxy) is 1. The quantitative estimate of drug-likeness (QED) is 0.712. The maximum Gasteiger partial charge on any atom is 0.314 e. The molecule has 0 bridgehead atoms. The SMILES string of the molecule is N#Cc1ccccc1OCc1ccc(-c2nnc(C(F)F)o2)cn1. The summed E-state index contributed by atoms with van der Waals surface area (Å²) in [5.41, 5.74) is 1.45. The second kappa shape index (κ2) is 6.83. The molecule has 0 atom stereocenters. The van der Waals surface area contributed by atoms with E-state index in [4.69, 9.17) is 14.4 Å². The predicted molar refractivity (Wildman–Crippen MR) is 78.0 cm³/mol. The first-order chi connectivity index (χ1) is 11.7. The molecule has 0 unspecified atom stereocenters. The van der Waals surface area contributed by atoms with Crippen LogP contribution in [0.4, 0.5) is 8.78 Å². The third-order valence-corrected chi connectivity index (χ3v) is 3.08. The summed E-state index contributed by atoms with van der Waals surface area (Å²) in [5, 5.41) is 15.8. The van der Waals surface area contributed by atoms with Crippen molar-refractivity contribution in [2.24, 2.45) is 0 Å². The molecule has 0 aliphatic carbocycles. The molecule has 2 aromatic heterocycles. The van der Waals surface area contributed by atoms with Crippen LogP contribution in [0.1, 0.15) is 23.6 Å². The van der Waals surface area contributed by atoms with Crippen molar-refractivity contribution in [3.63, 3.8) is 0 Å². The van der Waals surface area contributed by atoms with E-state index >= 15 is 0 Å². The van der Waals surface area contributed by atoms with Gasteiger partial charge in [0.2, 0.25) is 5.89 Å². The van der Waals surface area contributed by atoms with Crippen molar-refractivity contribution < 1.29 is 17.9 Å². The van der Waals surface area contributed by atoms with Gasteiger partial charge in [-0.05, 0) is 24.3 Å². The van der Waals surface area contributed by atoms with Crippen molar-refractivity contribution in [2.45, 2.75) is 13.0 Å². The molecule has 0 spiro atoms. The second-order valence-electron chi connectivity index (χ2n) is 4.68. The summed E-state index contributed by atoms with van der Waals surface area (Å²) < 4.78 is 35.3. The first kappa shape index (κ1) is 15.6. The van der Waals surface area contributed by atoms with Crippen molar-refractivity contribution in [3.05, 3.63) is 59.7 Å². The van der Waals surface area contributed by atoms with Crippen LogP contribution in [-0.2, 0) is 6.61 Å². The van der Waals surface area contributed by atoms with Gasteiger partial charge in [0.25, 0.3) is 5.89 Å². The van der Waals surface area contributed by atoms with E-state index in [-0.39, 0.29) is 12.5 Å². The van der Waals surface area contributed by atoms with Crippen LogP contribution in [0.15, 0.2) is 47.0 Å². The largest absolute Gasteiger partial charge is 0.486 e. The number of hydrogen-bond acceptors (Lipinski definition) is 6. The maximum absolute atomic E-state index is 12.4. The Bertz CT molecular complexity index is 872. The molecule has 0 fully saturated rings. The average molecular weight is 328 g/mol. The highest BCUT2D eigenvalue weighted by Gasteiger charge is 2.17. The van der Waals surface area contributed by atoms with E-state index in [2.05, 4.69) is 15.2 Å². The minimum Gasteiger partial charge on any atom is -0.486 e. The maximum atomic E-state index is 12.4. The van der Waals surface area contributed by atoms with Crippen molar-refractivity contribution in [1.82, 2.24) is 15.2 Å². The number of para-hydroxylation sites is 1. The minimum absolute atomic E-state index is 0.0277. The Balaban J connectivity index is 1.69. The van der Waals surface area contributed by atoms with Crippen molar-refractivity contribution in [1.29, 1.82) is 5.26 Å². The number of alkyl halides is 2. The van der Waals surface area contributed by atoms with Crippen LogP contribution < -0.4 is 4.74 Å². The van der Waals surface area contributed by atoms with Crippen LogP contribution in [0, 0.1) is 11.3 Å². The molecule has 6 nitrogen and oxygen atoms in total. The van der Waals surface area contributed by atoms with Crippen LogP contribution in [-0.4, -0.2) is 15.2 Å². The molecule has 0 saturated carbocycles. The lowest BCUT2D eigenvalue weighted by Crippen LogP contribution is -1.99. The topological polar surface area (TPSA) is 84.8 Å². The van der Waals surface area contributed by atoms with Crippen molar-refractivity contribution >= 4 is 0 Å². The van der Waals surface area contributed by atoms with Gasteiger partial charge >= 0.3 is 6.43 Å². The zero-order valence-corrected chi connectivity index (χ0v) is 12.2. The fourth-order valence-corrected chi connectivity index (χ4v) is 1.91. The molecule has 2 heterocycles. The first-order valence-electron chi connectivity index (χ1n) is 6.86. The number of pyridine rings is 1. The standard InChI is InChI=1S/C16H10F2N4O2/c17-14(18)16-22-21-15(24-16)11-5-6-12(20-8-11)9-23-13-4-2-1-3-10(13)7-19/h1-6,8,14H,9H2. The molecule has 0 N–H and O–H groups in total. The molecule has 1 aromatic carbocycles. The molecular weight excluding hydrogens is 318 g/mol. The van der Waals surface area contributed by atoms with Gasteiger partial charge in [-0.2, -0.15) is 14.0 Å². The van der Waals surface area contributed by atoms with Crippen LogP contribution in [0.3, 0.4) is 0 Å². The lowest BCUT2D eigenvalue weighted by Gasteiger charge is -2.07. The lowest BCUT2D eigenvalue weighted by molar-refractivity contribution is 0.116. The van der Waals surface area contributed by atoms with E-state index in [1.54, 1.807) is 36.4 Å². The number of nitrogens with zero attached hydrogens (tertiary/aromatic N) is 4. The summed E-state index contributed by atoms with van der Waals surface area (Å²) in [5.74, 6) is -0.296. The zero-order chi connectivity index (χ0) is 16.9. The Kier molecular flexibility index (Phi) is 4.43. The van der Waals surface area contributed by atoms with Gasteiger partial charge in [-0.25, -0.2) is 0 Å². The van der Waals surface area contributed by atoms with Gasteiger partial charge in [0, 0.05) is 6.20 Å². The molecule has 8 heteroatoms. The number of halogens is 2. The summed E-state index contributed by atoms with van der Waals surface area (Å²) in [6.45, 7) is 0.158. The molecular formula is C16H10F2N4O2. The fraction of sp³-hybridized carbons (Fsp3) is 0.125. The van der Waals surface area contributed by atoms with E-state index in [0.29, 0.717) is 22.6 Å². The molecule has 0 aliphatic heterocycles. The highest BCUT2D eigenvalue weighted by atomic mass is 19.3. The molecule has 0 saturated heterocycles. The summed E-state index contributed by atoms with van der Waals surface area (Å²) in [6, 6.07) is 12.2. The molecule has 0 amide bonds. The fourth-order valence-electron chi connectivity index (χ4n) is 1.91. The number of nitriles is 1. The Labute approximate surface area is 135 Å². The Morgan fingerprint density at radius 1 is 1.17 bits per heavy atom. The van der Waals surface area contributed by atoms with Gasteiger partial charge < -0.3 is 9.15 Å². The van der Waals surface area contributed by atoms with Gasteiger partial charge in [0.1, 0.15) is 18.4 Å². The summed E-state index contributed by atoms with van der Waals surface area (Å²) in [7, 11) is 0. The predicted octanol–water partition coefficient (Wildman–Crippen LogP) is 3.52. The molecule has 3 aromatic rings. The summed E-state index contributed by atoms with van der Waals surface area (Å²) in [6.07, 6.45) is -1.38.